The van der Waals surface area contributed by atoms with Gasteiger partial charge in [0.25, 0.3) is 5.56 Å². The molecule has 0 saturated heterocycles. The molecule has 0 atom stereocenters. The number of carbonyl (C=O) groups is 1. The minimum absolute atomic E-state index is 0.0145. The molecule has 1 N–H and O–H groups in total. The van der Waals surface area contributed by atoms with Gasteiger partial charge in [-0.3, -0.25) is 19.0 Å². The quantitative estimate of drug-likeness (QED) is 0.564. The van der Waals surface area contributed by atoms with Crippen LogP contribution >= 0.6 is 0 Å². The van der Waals surface area contributed by atoms with Gasteiger partial charge in [0.05, 0.1) is 12.8 Å². The number of Topliss-reactive ketones (excluding diaryl/α,β-unsaturated/α-hetero) is 1. The second-order valence-corrected chi connectivity index (χ2v) is 5.75. The predicted octanol–water partition coefficient (Wildman–Crippen LogP) is 3.29. The highest BCUT2D eigenvalue weighted by Gasteiger charge is 2.19. The van der Waals surface area contributed by atoms with Gasteiger partial charge in [-0.2, -0.15) is 0 Å². The number of methoxy groups -OCH3 is 1. The average Bonchev–Trinajstić information content (AvgIpc) is 2.61. The van der Waals surface area contributed by atoms with E-state index in [2.05, 4.69) is 22.0 Å². The first-order valence-electron chi connectivity index (χ1n) is 7.91. The number of carbonyl (C=O) groups excluding carboxylic acids is 1. The molecule has 7 nitrogen and oxygen atoms in total. The Morgan fingerprint density at radius 3 is 2.73 bits per heavy atom. The first-order chi connectivity index (χ1) is 12.5. The number of nitrogens with one attached hydrogen (secondary N) is 1. The summed E-state index contributed by atoms with van der Waals surface area (Å²) >= 11 is 0. The van der Waals surface area contributed by atoms with Gasteiger partial charge >= 0.3 is 0 Å². The Labute approximate surface area is 150 Å². The third-order valence-corrected chi connectivity index (χ3v) is 4.02. The minimum atomic E-state index is -0.454. The van der Waals surface area contributed by atoms with Gasteiger partial charge < -0.3 is 10.1 Å². The molecule has 0 radical (unpaired) electrons. The molecule has 26 heavy (non-hydrogen) atoms. The normalized spacial score (nSPS) is 10.6. The highest BCUT2D eigenvalue weighted by Crippen LogP contribution is 2.26. The third kappa shape index (κ3) is 2.95. The number of aliphatic imine (C=N–C) groups is 1. The fraction of sp³-hybridized carbons (Fsp3) is 0.158. The average molecular weight is 350 g/mol. The van der Waals surface area contributed by atoms with Crippen LogP contribution in [0.15, 0.2) is 46.3 Å². The van der Waals surface area contributed by atoms with E-state index in [1.54, 1.807) is 30.5 Å². The standard InChI is InChI=1S/C19H18N4O3/c1-11-10-13(7-8-14(11)20-3)21-17-16(12(2)24)19(25)23-9-5-6-15(26-4)18(23)22-17/h5-10,21H,3H2,1-2,4H3. The van der Waals surface area contributed by atoms with Gasteiger partial charge in [0, 0.05) is 11.9 Å². The molecule has 0 fully saturated rings. The van der Waals surface area contributed by atoms with E-state index in [1.165, 1.54) is 18.4 Å². The second kappa shape index (κ2) is 6.79. The van der Waals surface area contributed by atoms with Crippen molar-refractivity contribution in [3.63, 3.8) is 0 Å². The molecule has 1 aromatic carbocycles. The molecule has 7 heteroatoms. The van der Waals surface area contributed by atoms with Crippen molar-refractivity contribution < 1.29 is 9.53 Å². The number of hydrogen-bond donors (Lipinski definition) is 1. The van der Waals surface area contributed by atoms with E-state index in [0.717, 1.165) is 11.3 Å². The Bertz CT molecular complexity index is 1090. The van der Waals surface area contributed by atoms with Crippen molar-refractivity contribution in [1.82, 2.24) is 9.38 Å². The van der Waals surface area contributed by atoms with E-state index in [9.17, 15) is 9.59 Å². The highest BCUT2D eigenvalue weighted by molar-refractivity contribution is 5.99. The number of benzene rings is 1. The zero-order chi connectivity index (χ0) is 18.8. The Balaban J connectivity index is 2.22. The maximum absolute atomic E-state index is 12.8. The summed E-state index contributed by atoms with van der Waals surface area (Å²) < 4.78 is 6.59. The van der Waals surface area contributed by atoms with Crippen LogP contribution in [-0.4, -0.2) is 29.0 Å². The second-order valence-electron chi connectivity index (χ2n) is 5.75. The van der Waals surface area contributed by atoms with Crippen molar-refractivity contribution in [2.45, 2.75) is 13.8 Å². The van der Waals surface area contributed by atoms with Crippen LogP contribution in [0.3, 0.4) is 0 Å². The predicted molar refractivity (Wildman–Crippen MR) is 102 cm³/mol. The van der Waals surface area contributed by atoms with Crippen LogP contribution in [-0.2, 0) is 0 Å². The van der Waals surface area contributed by atoms with Crippen LogP contribution in [0.2, 0.25) is 0 Å². The zero-order valence-electron chi connectivity index (χ0n) is 14.7. The first kappa shape index (κ1) is 17.3. The Kier molecular flexibility index (Phi) is 4.53. The first-order valence-corrected chi connectivity index (χ1v) is 7.91. The molecule has 132 valence electrons. The maximum atomic E-state index is 12.8. The fourth-order valence-corrected chi connectivity index (χ4v) is 2.75. The van der Waals surface area contributed by atoms with Crippen LogP contribution in [0.1, 0.15) is 22.8 Å². The number of ketones is 1. The lowest BCUT2D eigenvalue weighted by Crippen LogP contribution is -2.24. The molecule has 0 bridgehead atoms. The number of pyridine rings is 1. The molecule has 0 saturated carbocycles. The summed E-state index contributed by atoms with van der Waals surface area (Å²) in [4.78, 5) is 33.3. The SMILES string of the molecule is C=Nc1ccc(Nc2nc3c(OC)cccn3c(=O)c2C(C)=O)cc1C. The number of aromatic nitrogens is 2. The maximum Gasteiger partial charge on any atom is 0.271 e. The number of anilines is 2. The lowest BCUT2D eigenvalue weighted by Gasteiger charge is -2.13. The summed E-state index contributed by atoms with van der Waals surface area (Å²) in [7, 11) is 1.50. The van der Waals surface area contributed by atoms with E-state index in [0.29, 0.717) is 17.1 Å². The Hall–Kier alpha value is -3.48. The molecule has 2 aromatic heterocycles. The lowest BCUT2D eigenvalue weighted by molar-refractivity contribution is 0.101. The summed E-state index contributed by atoms with van der Waals surface area (Å²) in [6.07, 6.45) is 1.55. The monoisotopic (exact) mass is 350 g/mol. The summed E-state index contributed by atoms with van der Waals surface area (Å²) in [5, 5.41) is 3.07. The number of aryl methyl sites for hydroxylation is 1. The van der Waals surface area contributed by atoms with Crippen molar-refractivity contribution in [2.75, 3.05) is 12.4 Å². The molecular formula is C19H18N4O3. The van der Waals surface area contributed by atoms with Gasteiger partial charge in [0.15, 0.2) is 17.2 Å². The van der Waals surface area contributed by atoms with Gasteiger partial charge in [-0.1, -0.05) is 0 Å². The van der Waals surface area contributed by atoms with E-state index < -0.39 is 5.56 Å². The molecule has 0 aliphatic carbocycles. The van der Waals surface area contributed by atoms with E-state index in [-0.39, 0.29) is 17.2 Å². The third-order valence-electron chi connectivity index (χ3n) is 4.02. The molecule has 3 rings (SSSR count). The summed E-state index contributed by atoms with van der Waals surface area (Å²) in [6, 6.07) is 8.79. The molecule has 0 aliphatic rings. The molecule has 3 aromatic rings. The molecular weight excluding hydrogens is 332 g/mol. The Morgan fingerprint density at radius 1 is 1.35 bits per heavy atom. The Morgan fingerprint density at radius 2 is 2.12 bits per heavy atom. The highest BCUT2D eigenvalue weighted by atomic mass is 16.5. The van der Waals surface area contributed by atoms with Crippen molar-refractivity contribution in [1.29, 1.82) is 0 Å². The number of fused-ring (bicyclic) bond motifs is 1. The van der Waals surface area contributed by atoms with Gasteiger partial charge in [0.1, 0.15) is 11.4 Å². The van der Waals surface area contributed by atoms with Crippen molar-refractivity contribution in [2.24, 2.45) is 4.99 Å². The van der Waals surface area contributed by atoms with Crippen LogP contribution in [0, 0.1) is 6.92 Å². The topological polar surface area (TPSA) is 85.1 Å². The van der Waals surface area contributed by atoms with Crippen molar-refractivity contribution >= 4 is 35.3 Å². The van der Waals surface area contributed by atoms with Crippen LogP contribution < -0.4 is 15.6 Å². The summed E-state index contributed by atoms with van der Waals surface area (Å²) in [5.74, 6) is 0.249. The van der Waals surface area contributed by atoms with Gasteiger partial charge in [-0.05, 0) is 56.5 Å². The van der Waals surface area contributed by atoms with E-state index >= 15 is 0 Å². The molecule has 0 amide bonds. The molecule has 0 aliphatic heterocycles. The van der Waals surface area contributed by atoms with E-state index in [1.807, 2.05) is 13.0 Å². The van der Waals surface area contributed by atoms with Gasteiger partial charge in [-0.15, -0.1) is 0 Å². The van der Waals surface area contributed by atoms with Crippen LogP contribution in [0.25, 0.3) is 5.65 Å². The van der Waals surface area contributed by atoms with Crippen molar-refractivity contribution in [3.8, 4) is 5.75 Å². The van der Waals surface area contributed by atoms with Crippen LogP contribution in [0.5, 0.6) is 5.75 Å². The number of ether oxygens (including phenoxy) is 1. The summed E-state index contributed by atoms with van der Waals surface area (Å²) in [6.45, 7) is 6.76. The molecule has 0 unspecified atom stereocenters. The molecule has 0 spiro atoms. The lowest BCUT2D eigenvalue weighted by atomic mass is 10.1. The van der Waals surface area contributed by atoms with Crippen LogP contribution in [0.4, 0.5) is 17.2 Å². The number of nitrogens with zero attached hydrogens (tertiary/aromatic N) is 3. The van der Waals surface area contributed by atoms with Gasteiger partial charge in [-0.25, -0.2) is 4.98 Å². The van der Waals surface area contributed by atoms with Gasteiger partial charge in [0.2, 0.25) is 0 Å². The number of rotatable bonds is 5. The largest absolute Gasteiger partial charge is 0.493 e. The molecule has 2 heterocycles. The van der Waals surface area contributed by atoms with E-state index in [4.69, 9.17) is 4.74 Å². The summed E-state index contributed by atoms with van der Waals surface area (Å²) in [5.41, 5.74) is 2.21. The van der Waals surface area contributed by atoms with Crippen molar-refractivity contribution in [3.05, 3.63) is 58.0 Å². The number of hydrogen-bond acceptors (Lipinski definition) is 6. The fourth-order valence-electron chi connectivity index (χ4n) is 2.75. The zero-order valence-corrected chi connectivity index (χ0v) is 14.7. The smallest absolute Gasteiger partial charge is 0.271 e. The minimum Gasteiger partial charge on any atom is -0.493 e.